The van der Waals surface area contributed by atoms with Crippen LogP contribution in [0, 0.1) is 0 Å². The minimum atomic E-state index is -1.00. The van der Waals surface area contributed by atoms with Crippen molar-refractivity contribution >= 4 is 6.72 Å². The number of aliphatic hydroxyl groups is 2. The fraction of sp³-hybridized carbons (Fsp3) is 0.900. The molecule has 2 rings (SSSR count). The van der Waals surface area contributed by atoms with Crippen molar-refractivity contribution in [1.82, 2.24) is 0 Å². The van der Waals surface area contributed by atoms with Gasteiger partial charge in [0.15, 0.2) is 12.1 Å². The summed E-state index contributed by atoms with van der Waals surface area (Å²) in [5.74, 6) is -0.715. The molecule has 5 atom stereocenters. The van der Waals surface area contributed by atoms with E-state index in [4.69, 9.17) is 19.3 Å². The lowest BCUT2D eigenvalue weighted by Crippen LogP contribution is -2.41. The Kier molecular flexibility index (Phi) is 3.02. The van der Waals surface area contributed by atoms with Crippen LogP contribution in [0.2, 0.25) is 0 Å². The van der Waals surface area contributed by atoms with E-state index < -0.39 is 30.3 Å². The molecule has 6 heteroatoms. The van der Waals surface area contributed by atoms with Crippen LogP contribution in [0.4, 0.5) is 0 Å². The van der Waals surface area contributed by atoms with Gasteiger partial charge >= 0.3 is 0 Å². The predicted molar refractivity (Wildman–Crippen MR) is 55.1 cm³/mol. The Morgan fingerprint density at radius 1 is 1.44 bits per heavy atom. The van der Waals surface area contributed by atoms with Crippen molar-refractivity contribution in [3.63, 3.8) is 0 Å². The molecule has 0 aliphatic carbocycles. The molecular formula is C10H17NO5. The molecule has 0 aromatic heterocycles. The highest BCUT2D eigenvalue weighted by atomic mass is 16.8. The van der Waals surface area contributed by atoms with E-state index in [1.54, 1.807) is 13.8 Å². The molecule has 0 radical (unpaired) electrons. The summed E-state index contributed by atoms with van der Waals surface area (Å²) in [6, 6.07) is -0.422. The second kappa shape index (κ2) is 4.05. The van der Waals surface area contributed by atoms with Gasteiger partial charge in [0.25, 0.3) is 0 Å². The van der Waals surface area contributed by atoms with Crippen molar-refractivity contribution in [3.05, 3.63) is 0 Å². The molecular weight excluding hydrogens is 214 g/mol. The molecule has 0 aromatic carbocycles. The molecule has 16 heavy (non-hydrogen) atoms. The van der Waals surface area contributed by atoms with Gasteiger partial charge in [0.1, 0.15) is 24.4 Å². The maximum Gasteiger partial charge on any atom is 0.189 e. The molecule has 2 aliphatic rings. The van der Waals surface area contributed by atoms with Crippen LogP contribution in [0.25, 0.3) is 0 Å². The van der Waals surface area contributed by atoms with E-state index in [-0.39, 0.29) is 12.7 Å². The van der Waals surface area contributed by atoms with E-state index in [1.165, 1.54) is 0 Å². The summed E-state index contributed by atoms with van der Waals surface area (Å²) < 4.78 is 16.6. The van der Waals surface area contributed by atoms with Crippen molar-refractivity contribution < 1.29 is 24.4 Å². The van der Waals surface area contributed by atoms with E-state index in [9.17, 15) is 5.11 Å². The molecule has 2 N–H and O–H groups in total. The largest absolute Gasteiger partial charge is 0.394 e. The smallest absolute Gasteiger partial charge is 0.189 e. The average molecular weight is 231 g/mol. The molecule has 0 saturated carbocycles. The minimum Gasteiger partial charge on any atom is -0.394 e. The van der Waals surface area contributed by atoms with Crippen LogP contribution in [0.5, 0.6) is 0 Å². The summed E-state index contributed by atoms with van der Waals surface area (Å²) in [5, 5.41) is 18.5. The number of hydrogen-bond acceptors (Lipinski definition) is 6. The van der Waals surface area contributed by atoms with Gasteiger partial charge in [0.2, 0.25) is 0 Å². The summed E-state index contributed by atoms with van der Waals surface area (Å²) in [5.41, 5.74) is 0. The lowest BCUT2D eigenvalue weighted by Gasteiger charge is -2.25. The fourth-order valence-corrected chi connectivity index (χ4v) is 2.15. The molecule has 0 spiro atoms. The number of fused-ring (bicyclic) bond motifs is 1. The van der Waals surface area contributed by atoms with E-state index in [1.807, 2.05) is 0 Å². The Morgan fingerprint density at radius 3 is 2.69 bits per heavy atom. The summed E-state index contributed by atoms with van der Waals surface area (Å²) in [4.78, 5) is 3.90. The molecule has 2 saturated heterocycles. The Labute approximate surface area is 93.8 Å². The Hall–Kier alpha value is -0.530. The number of nitrogens with zero attached hydrogens (tertiary/aromatic N) is 1. The van der Waals surface area contributed by atoms with E-state index >= 15 is 0 Å². The quantitative estimate of drug-likeness (QED) is 0.627. The molecule has 2 aliphatic heterocycles. The highest BCUT2D eigenvalue weighted by Crippen LogP contribution is 2.39. The van der Waals surface area contributed by atoms with E-state index in [0.29, 0.717) is 0 Å². The molecule has 2 fully saturated rings. The van der Waals surface area contributed by atoms with Gasteiger partial charge < -0.3 is 24.4 Å². The molecule has 0 aromatic rings. The highest BCUT2D eigenvalue weighted by Gasteiger charge is 2.56. The normalized spacial score (nSPS) is 43.0. The van der Waals surface area contributed by atoms with Crippen LogP contribution in [0.3, 0.4) is 0 Å². The lowest BCUT2D eigenvalue weighted by molar-refractivity contribution is -0.217. The van der Waals surface area contributed by atoms with Crippen molar-refractivity contribution in [2.75, 3.05) is 6.61 Å². The maximum atomic E-state index is 9.57. The Morgan fingerprint density at radius 2 is 2.12 bits per heavy atom. The number of rotatable bonds is 3. The summed E-state index contributed by atoms with van der Waals surface area (Å²) in [7, 11) is 0. The van der Waals surface area contributed by atoms with Crippen LogP contribution in [-0.4, -0.2) is 60.0 Å². The van der Waals surface area contributed by atoms with Gasteiger partial charge in [-0.2, -0.15) is 0 Å². The standard InChI is InChI=1S/C10H17NO5/c1-10(2)15-8-6(11-3)7(5(13)4-12)14-9(8)16-10/h5-9,12-13H,3-4H2,1-2H3/t5-,6+,7-,8-,9-/m1/s1. The molecule has 2 heterocycles. The van der Waals surface area contributed by atoms with Crippen molar-refractivity contribution in [1.29, 1.82) is 0 Å². The monoisotopic (exact) mass is 231 g/mol. The molecule has 6 nitrogen and oxygen atoms in total. The number of aliphatic hydroxyl groups excluding tert-OH is 2. The Bertz CT molecular complexity index is 282. The summed E-state index contributed by atoms with van der Waals surface area (Å²) in [6.07, 6.45) is -2.57. The fourth-order valence-electron chi connectivity index (χ4n) is 2.15. The average Bonchev–Trinajstić information content (AvgIpc) is 2.68. The number of aliphatic imine (C=N–C) groups is 1. The first kappa shape index (κ1) is 11.9. The predicted octanol–water partition coefficient (Wildman–Crippen LogP) is -0.715. The summed E-state index contributed by atoms with van der Waals surface area (Å²) in [6.45, 7) is 6.64. The van der Waals surface area contributed by atoms with E-state index in [0.717, 1.165) is 0 Å². The van der Waals surface area contributed by atoms with Gasteiger partial charge in [-0.15, -0.1) is 0 Å². The van der Waals surface area contributed by atoms with Crippen LogP contribution < -0.4 is 0 Å². The van der Waals surface area contributed by atoms with Gasteiger partial charge in [0, 0.05) is 0 Å². The minimum absolute atomic E-state index is 0.376. The van der Waals surface area contributed by atoms with Crippen LogP contribution in [-0.2, 0) is 14.2 Å². The highest BCUT2D eigenvalue weighted by molar-refractivity contribution is 5.26. The van der Waals surface area contributed by atoms with Crippen LogP contribution in [0.15, 0.2) is 4.99 Å². The van der Waals surface area contributed by atoms with Gasteiger partial charge in [-0.25, -0.2) is 0 Å². The molecule has 92 valence electrons. The van der Waals surface area contributed by atoms with Crippen molar-refractivity contribution in [2.24, 2.45) is 4.99 Å². The summed E-state index contributed by atoms with van der Waals surface area (Å²) >= 11 is 0. The number of hydrogen-bond donors (Lipinski definition) is 2. The van der Waals surface area contributed by atoms with Crippen molar-refractivity contribution in [2.45, 2.75) is 50.3 Å². The third kappa shape index (κ3) is 1.87. The lowest BCUT2D eigenvalue weighted by atomic mass is 10.0. The maximum absolute atomic E-state index is 9.57. The van der Waals surface area contributed by atoms with Gasteiger partial charge in [-0.05, 0) is 20.6 Å². The first-order valence-electron chi connectivity index (χ1n) is 5.24. The molecule has 0 amide bonds. The van der Waals surface area contributed by atoms with Crippen molar-refractivity contribution in [3.8, 4) is 0 Å². The Balaban J connectivity index is 2.12. The third-order valence-electron chi connectivity index (χ3n) is 2.83. The second-order valence-electron chi connectivity index (χ2n) is 4.49. The first-order valence-corrected chi connectivity index (χ1v) is 5.24. The van der Waals surface area contributed by atoms with E-state index in [2.05, 4.69) is 11.7 Å². The third-order valence-corrected chi connectivity index (χ3v) is 2.83. The van der Waals surface area contributed by atoms with Gasteiger partial charge in [-0.1, -0.05) is 0 Å². The van der Waals surface area contributed by atoms with Crippen LogP contribution >= 0.6 is 0 Å². The SMILES string of the molecule is C=N[C@@H]1[C@H]2OC(C)(C)O[C@H]2O[C@@H]1[C@H](O)CO. The zero-order chi connectivity index (χ0) is 11.9. The second-order valence-corrected chi connectivity index (χ2v) is 4.49. The van der Waals surface area contributed by atoms with Gasteiger partial charge in [0.05, 0.1) is 6.61 Å². The number of ether oxygens (including phenoxy) is 3. The molecule has 0 bridgehead atoms. The zero-order valence-corrected chi connectivity index (χ0v) is 9.37. The topological polar surface area (TPSA) is 80.5 Å². The molecule has 0 unspecified atom stereocenters. The van der Waals surface area contributed by atoms with Crippen LogP contribution in [0.1, 0.15) is 13.8 Å². The van der Waals surface area contributed by atoms with Gasteiger partial charge in [-0.3, -0.25) is 4.99 Å². The zero-order valence-electron chi connectivity index (χ0n) is 9.37. The first-order chi connectivity index (χ1) is 7.48.